The number of carbonyl (C=O) groups excluding carboxylic acids is 2. The Morgan fingerprint density at radius 3 is 2.63 bits per heavy atom. The molecule has 4 rings (SSSR count). The lowest BCUT2D eigenvalue weighted by Gasteiger charge is -2.27. The lowest BCUT2D eigenvalue weighted by atomic mass is 9.90. The quantitative estimate of drug-likeness (QED) is 0.704. The van der Waals surface area contributed by atoms with E-state index in [-0.39, 0.29) is 17.6 Å². The maximum absolute atomic E-state index is 12.7. The van der Waals surface area contributed by atoms with Crippen molar-refractivity contribution in [3.63, 3.8) is 0 Å². The third-order valence-electron chi connectivity index (χ3n) is 5.56. The molecule has 7 heteroatoms. The SMILES string of the molecule is CC(=O)Nc1cncc(-c2ccc3nnc(CC(=O)C4CCN(C)CC4)cc3c2)c1. The van der Waals surface area contributed by atoms with Crippen molar-refractivity contribution >= 4 is 28.3 Å². The van der Waals surface area contributed by atoms with Crippen LogP contribution in [-0.4, -0.2) is 51.9 Å². The molecule has 0 bridgehead atoms. The number of nitrogens with zero attached hydrogens (tertiary/aromatic N) is 4. The predicted molar refractivity (Wildman–Crippen MR) is 116 cm³/mol. The van der Waals surface area contributed by atoms with Crippen LogP contribution in [0.4, 0.5) is 5.69 Å². The van der Waals surface area contributed by atoms with Crippen molar-refractivity contribution in [2.45, 2.75) is 26.2 Å². The van der Waals surface area contributed by atoms with Crippen molar-refractivity contribution in [3.8, 4) is 11.1 Å². The van der Waals surface area contributed by atoms with Gasteiger partial charge in [-0.2, -0.15) is 10.2 Å². The van der Waals surface area contributed by atoms with Gasteiger partial charge in [-0.05, 0) is 62.8 Å². The molecule has 1 aromatic carbocycles. The molecule has 0 spiro atoms. The topological polar surface area (TPSA) is 88.1 Å². The molecule has 30 heavy (non-hydrogen) atoms. The van der Waals surface area contributed by atoms with Crippen LogP contribution >= 0.6 is 0 Å². The van der Waals surface area contributed by atoms with Gasteiger partial charge >= 0.3 is 0 Å². The molecular weight excluding hydrogens is 378 g/mol. The fourth-order valence-electron chi connectivity index (χ4n) is 3.88. The van der Waals surface area contributed by atoms with Gasteiger partial charge in [-0.25, -0.2) is 0 Å². The number of ketones is 1. The largest absolute Gasteiger partial charge is 0.325 e. The zero-order chi connectivity index (χ0) is 21.1. The molecule has 0 radical (unpaired) electrons. The van der Waals surface area contributed by atoms with E-state index in [1.807, 2.05) is 30.3 Å². The van der Waals surface area contributed by atoms with Crippen molar-refractivity contribution in [1.82, 2.24) is 20.1 Å². The second kappa shape index (κ2) is 8.67. The van der Waals surface area contributed by atoms with Crippen LogP contribution in [0.5, 0.6) is 0 Å². The minimum absolute atomic E-state index is 0.118. The van der Waals surface area contributed by atoms with Gasteiger partial charge in [0.05, 0.1) is 29.5 Å². The molecule has 1 amide bonds. The highest BCUT2D eigenvalue weighted by Crippen LogP contribution is 2.26. The molecular formula is C23H25N5O2. The summed E-state index contributed by atoms with van der Waals surface area (Å²) in [6, 6.07) is 9.71. The Bertz CT molecular complexity index is 1090. The summed E-state index contributed by atoms with van der Waals surface area (Å²) in [7, 11) is 2.09. The number of amides is 1. The van der Waals surface area contributed by atoms with E-state index in [1.165, 1.54) is 6.92 Å². The van der Waals surface area contributed by atoms with E-state index in [0.717, 1.165) is 48.0 Å². The van der Waals surface area contributed by atoms with E-state index in [9.17, 15) is 9.59 Å². The molecule has 0 unspecified atom stereocenters. The molecule has 0 aliphatic carbocycles. The maximum Gasteiger partial charge on any atom is 0.221 e. The number of Topliss-reactive ketones (excluding diaryl/α,β-unsaturated/α-hetero) is 1. The number of rotatable bonds is 5. The van der Waals surface area contributed by atoms with Crippen molar-refractivity contribution in [2.24, 2.45) is 5.92 Å². The highest BCUT2D eigenvalue weighted by molar-refractivity contribution is 5.90. The molecule has 0 saturated carbocycles. The van der Waals surface area contributed by atoms with Crippen LogP contribution in [0.25, 0.3) is 22.0 Å². The van der Waals surface area contributed by atoms with E-state index in [2.05, 4.69) is 32.4 Å². The number of hydrogen-bond donors (Lipinski definition) is 1. The van der Waals surface area contributed by atoms with Crippen LogP contribution in [0, 0.1) is 5.92 Å². The van der Waals surface area contributed by atoms with Crippen LogP contribution < -0.4 is 5.32 Å². The minimum Gasteiger partial charge on any atom is -0.325 e. The van der Waals surface area contributed by atoms with Crippen molar-refractivity contribution < 1.29 is 9.59 Å². The van der Waals surface area contributed by atoms with E-state index < -0.39 is 0 Å². The molecule has 0 atom stereocenters. The van der Waals surface area contributed by atoms with Gasteiger partial charge in [0.1, 0.15) is 5.78 Å². The summed E-state index contributed by atoms with van der Waals surface area (Å²) in [5.41, 5.74) is 3.98. The molecule has 3 heterocycles. The number of nitrogens with one attached hydrogen (secondary N) is 1. The molecule has 3 aromatic rings. The second-order valence-corrected chi connectivity index (χ2v) is 7.97. The standard InChI is InChI=1S/C23H25N5O2/c1-15(29)25-21-11-19(13-24-14-21)17-3-4-22-18(9-17)10-20(26-27-22)12-23(30)16-5-7-28(2)8-6-16/h3-4,9-11,13-14,16H,5-8,12H2,1-2H3,(H,25,29). The first kappa shape index (κ1) is 20.1. The van der Waals surface area contributed by atoms with Gasteiger partial charge < -0.3 is 10.2 Å². The van der Waals surface area contributed by atoms with E-state index in [0.29, 0.717) is 17.8 Å². The molecule has 1 N–H and O–H groups in total. The highest BCUT2D eigenvalue weighted by Gasteiger charge is 2.23. The van der Waals surface area contributed by atoms with Crippen LogP contribution in [0.15, 0.2) is 42.7 Å². The predicted octanol–water partition coefficient (Wildman–Crippen LogP) is 3.10. The number of hydrogen-bond acceptors (Lipinski definition) is 6. The van der Waals surface area contributed by atoms with E-state index in [1.54, 1.807) is 12.4 Å². The molecule has 7 nitrogen and oxygen atoms in total. The van der Waals surface area contributed by atoms with Gasteiger partial charge in [0.25, 0.3) is 0 Å². The number of fused-ring (bicyclic) bond motifs is 1. The smallest absolute Gasteiger partial charge is 0.221 e. The summed E-state index contributed by atoms with van der Waals surface area (Å²) in [6.07, 6.45) is 5.52. The Morgan fingerprint density at radius 2 is 1.87 bits per heavy atom. The van der Waals surface area contributed by atoms with Crippen LogP contribution in [0.2, 0.25) is 0 Å². The summed E-state index contributed by atoms with van der Waals surface area (Å²) in [5.74, 6) is 0.231. The summed E-state index contributed by atoms with van der Waals surface area (Å²) in [4.78, 5) is 30.5. The summed E-state index contributed by atoms with van der Waals surface area (Å²) in [6.45, 7) is 3.40. The molecule has 154 valence electrons. The average Bonchev–Trinajstić information content (AvgIpc) is 2.73. The van der Waals surface area contributed by atoms with Gasteiger partial charge in [-0.1, -0.05) is 6.07 Å². The monoisotopic (exact) mass is 403 g/mol. The zero-order valence-corrected chi connectivity index (χ0v) is 17.3. The zero-order valence-electron chi connectivity index (χ0n) is 17.3. The summed E-state index contributed by atoms with van der Waals surface area (Å²) >= 11 is 0. The minimum atomic E-state index is -0.137. The van der Waals surface area contributed by atoms with Gasteiger partial charge in [0.15, 0.2) is 0 Å². The number of piperidine rings is 1. The van der Waals surface area contributed by atoms with Gasteiger partial charge in [0, 0.05) is 30.0 Å². The Labute approximate surface area is 175 Å². The molecule has 1 fully saturated rings. The molecule has 1 aliphatic rings. The Morgan fingerprint density at radius 1 is 1.07 bits per heavy atom. The van der Waals surface area contributed by atoms with Crippen molar-refractivity contribution in [3.05, 3.63) is 48.4 Å². The lowest BCUT2D eigenvalue weighted by Crippen LogP contribution is -2.34. The first-order chi connectivity index (χ1) is 14.5. The van der Waals surface area contributed by atoms with Gasteiger partial charge in [-0.15, -0.1) is 0 Å². The highest BCUT2D eigenvalue weighted by atomic mass is 16.1. The second-order valence-electron chi connectivity index (χ2n) is 7.97. The molecule has 1 saturated heterocycles. The van der Waals surface area contributed by atoms with Gasteiger partial charge in [0.2, 0.25) is 5.91 Å². The number of likely N-dealkylation sites (tertiary alicyclic amines) is 1. The maximum atomic E-state index is 12.7. The number of pyridine rings is 1. The molecule has 2 aromatic heterocycles. The number of anilines is 1. The first-order valence-corrected chi connectivity index (χ1v) is 10.2. The number of carbonyl (C=O) groups is 2. The van der Waals surface area contributed by atoms with E-state index in [4.69, 9.17) is 0 Å². The molecule has 1 aliphatic heterocycles. The van der Waals surface area contributed by atoms with E-state index >= 15 is 0 Å². The summed E-state index contributed by atoms with van der Waals surface area (Å²) < 4.78 is 0. The summed E-state index contributed by atoms with van der Waals surface area (Å²) in [5, 5.41) is 12.2. The number of aromatic nitrogens is 3. The van der Waals surface area contributed by atoms with Crippen LogP contribution in [0.1, 0.15) is 25.5 Å². The Hall–Kier alpha value is -3.19. The fourth-order valence-corrected chi connectivity index (χ4v) is 3.88. The third kappa shape index (κ3) is 4.68. The fraction of sp³-hybridized carbons (Fsp3) is 0.348. The third-order valence-corrected chi connectivity index (χ3v) is 5.56. The first-order valence-electron chi connectivity index (χ1n) is 10.2. The van der Waals surface area contributed by atoms with Crippen molar-refractivity contribution in [1.29, 1.82) is 0 Å². The van der Waals surface area contributed by atoms with Crippen LogP contribution in [0.3, 0.4) is 0 Å². The van der Waals surface area contributed by atoms with Gasteiger partial charge in [-0.3, -0.25) is 14.6 Å². The Balaban J connectivity index is 1.55. The average molecular weight is 403 g/mol. The normalized spacial score (nSPS) is 15.3. The van der Waals surface area contributed by atoms with Crippen molar-refractivity contribution in [2.75, 3.05) is 25.5 Å². The lowest BCUT2D eigenvalue weighted by molar-refractivity contribution is -0.123. The Kier molecular flexibility index (Phi) is 5.81. The number of benzene rings is 1. The van der Waals surface area contributed by atoms with Crippen LogP contribution in [-0.2, 0) is 16.0 Å².